The first-order valence-corrected chi connectivity index (χ1v) is 6.83. The van der Waals surface area contributed by atoms with Gasteiger partial charge in [0.2, 0.25) is 5.91 Å². The summed E-state index contributed by atoms with van der Waals surface area (Å²) in [6.45, 7) is -0.327. The molecule has 0 aliphatic rings. The van der Waals surface area contributed by atoms with E-state index in [0.717, 1.165) is 17.0 Å². The zero-order valence-electron chi connectivity index (χ0n) is 12.8. The Morgan fingerprint density at radius 1 is 1.24 bits per heavy atom. The van der Waals surface area contributed by atoms with Gasteiger partial charge in [0.05, 0.1) is 6.54 Å². The molecule has 3 N–H and O–H groups in total. The Morgan fingerprint density at radius 2 is 1.88 bits per heavy atom. The number of halogens is 3. The van der Waals surface area contributed by atoms with Crippen molar-refractivity contribution in [3.05, 3.63) is 46.6 Å². The smallest absolute Gasteiger partial charge is 0.406 e. The van der Waals surface area contributed by atoms with Gasteiger partial charge in [-0.1, -0.05) is 0 Å². The molecule has 2 rings (SSSR count). The van der Waals surface area contributed by atoms with Gasteiger partial charge in [-0.2, -0.15) is 0 Å². The second-order valence-corrected chi connectivity index (χ2v) is 4.94. The second-order valence-electron chi connectivity index (χ2n) is 4.94. The molecule has 0 spiro atoms. The van der Waals surface area contributed by atoms with Gasteiger partial charge in [0.25, 0.3) is 5.91 Å². The summed E-state index contributed by atoms with van der Waals surface area (Å²) < 4.78 is 39.9. The number of amides is 2. The number of likely N-dealkylation sites (N-methyl/N-ethyl adjacent to an activating group) is 1. The van der Waals surface area contributed by atoms with Gasteiger partial charge in [0, 0.05) is 18.9 Å². The summed E-state index contributed by atoms with van der Waals surface area (Å²) in [6, 6.07) is 4.54. The van der Waals surface area contributed by atoms with Crippen molar-refractivity contribution in [3.8, 4) is 5.75 Å². The van der Waals surface area contributed by atoms with Crippen molar-refractivity contribution in [2.24, 2.45) is 0 Å². The molecule has 2 aromatic rings. The van der Waals surface area contributed by atoms with Crippen LogP contribution in [0.3, 0.4) is 0 Å². The first-order chi connectivity index (χ1) is 11.6. The van der Waals surface area contributed by atoms with Gasteiger partial charge in [-0.15, -0.1) is 13.2 Å². The summed E-state index contributed by atoms with van der Waals surface area (Å²) in [6.07, 6.45) is -3.62. The highest BCUT2D eigenvalue weighted by Crippen LogP contribution is 2.23. The molecular weight excluding hydrogens is 345 g/mol. The normalized spacial score (nSPS) is 11.0. The highest BCUT2D eigenvalue weighted by Gasteiger charge is 2.31. The average Bonchev–Trinajstić information content (AvgIpc) is 2.93. The van der Waals surface area contributed by atoms with Crippen molar-refractivity contribution >= 4 is 17.5 Å². The molecular formula is C14H13F3N4O4. The number of imidazole rings is 1. The maximum absolute atomic E-state index is 12.1. The van der Waals surface area contributed by atoms with Gasteiger partial charge in [-0.3, -0.25) is 9.59 Å². The lowest BCUT2D eigenvalue weighted by atomic mass is 10.3. The molecule has 1 heterocycles. The van der Waals surface area contributed by atoms with E-state index in [4.69, 9.17) is 0 Å². The molecule has 25 heavy (non-hydrogen) atoms. The zero-order chi connectivity index (χ0) is 18.6. The Morgan fingerprint density at radius 3 is 2.40 bits per heavy atom. The molecule has 8 nitrogen and oxygen atoms in total. The predicted octanol–water partition coefficient (Wildman–Crippen LogP) is 1.31. The monoisotopic (exact) mass is 358 g/mol. The van der Waals surface area contributed by atoms with Gasteiger partial charge in [-0.05, 0) is 24.3 Å². The number of ether oxygens (including phenoxy) is 1. The van der Waals surface area contributed by atoms with E-state index in [1.807, 2.05) is 0 Å². The van der Waals surface area contributed by atoms with Crippen molar-refractivity contribution in [1.82, 2.24) is 14.9 Å². The molecule has 1 aromatic carbocycles. The molecule has 0 aliphatic heterocycles. The van der Waals surface area contributed by atoms with E-state index < -0.39 is 29.6 Å². The fraction of sp³-hybridized carbons (Fsp3) is 0.214. The first kappa shape index (κ1) is 18.1. The Hall–Kier alpha value is -3.24. The van der Waals surface area contributed by atoms with Crippen LogP contribution in [-0.4, -0.2) is 46.6 Å². The van der Waals surface area contributed by atoms with Crippen molar-refractivity contribution in [2.45, 2.75) is 6.36 Å². The number of nitrogens with one attached hydrogen (secondary N) is 3. The molecule has 0 radical (unpaired) electrons. The number of carbonyl (C=O) groups is 2. The number of nitrogens with zero attached hydrogens (tertiary/aromatic N) is 1. The minimum atomic E-state index is -4.80. The van der Waals surface area contributed by atoms with E-state index in [2.05, 4.69) is 20.0 Å². The number of aromatic nitrogens is 2. The Labute approximate surface area is 138 Å². The summed E-state index contributed by atoms with van der Waals surface area (Å²) in [5.41, 5.74) is -0.327. The molecule has 0 bridgehead atoms. The maximum Gasteiger partial charge on any atom is 0.573 e. The summed E-state index contributed by atoms with van der Waals surface area (Å²) in [7, 11) is 1.35. The van der Waals surface area contributed by atoms with Crippen LogP contribution in [0, 0.1) is 0 Å². The van der Waals surface area contributed by atoms with Crippen LogP contribution >= 0.6 is 0 Å². The molecule has 2 amide bonds. The second kappa shape index (κ2) is 7.11. The van der Waals surface area contributed by atoms with Crippen LogP contribution in [0.2, 0.25) is 0 Å². The van der Waals surface area contributed by atoms with Crippen LogP contribution in [0.1, 0.15) is 10.5 Å². The van der Waals surface area contributed by atoms with Crippen LogP contribution in [0.15, 0.2) is 35.3 Å². The molecule has 0 fully saturated rings. The fourth-order valence-corrected chi connectivity index (χ4v) is 1.88. The fourth-order valence-electron chi connectivity index (χ4n) is 1.88. The molecule has 11 heteroatoms. The molecule has 0 unspecified atom stereocenters. The van der Waals surface area contributed by atoms with E-state index in [0.29, 0.717) is 0 Å². The Bertz CT molecular complexity index is 810. The number of hydrogen-bond acceptors (Lipinski definition) is 4. The van der Waals surface area contributed by atoms with Gasteiger partial charge in [0.1, 0.15) is 11.4 Å². The lowest BCUT2D eigenvalue weighted by Crippen LogP contribution is -2.35. The highest BCUT2D eigenvalue weighted by molar-refractivity contribution is 5.98. The van der Waals surface area contributed by atoms with E-state index >= 15 is 0 Å². The van der Waals surface area contributed by atoms with Gasteiger partial charge in [0.15, 0.2) is 0 Å². The standard InChI is InChI=1S/C14H13F3N4O4/c1-21(12(23)10-6-18-13(24)20-10)7-11(22)19-8-2-4-9(5-3-8)25-14(15,16)17/h2-6H,7H2,1H3,(H,19,22)(H2,18,20,24). The van der Waals surface area contributed by atoms with E-state index in [9.17, 15) is 27.6 Å². The Balaban J connectivity index is 1.91. The predicted molar refractivity (Wildman–Crippen MR) is 80.1 cm³/mol. The van der Waals surface area contributed by atoms with E-state index in [-0.39, 0.29) is 17.9 Å². The van der Waals surface area contributed by atoms with Crippen LogP contribution in [0.25, 0.3) is 0 Å². The Kier molecular flexibility index (Phi) is 5.15. The van der Waals surface area contributed by atoms with Crippen molar-refractivity contribution < 1.29 is 27.5 Å². The van der Waals surface area contributed by atoms with Gasteiger partial charge in [-0.25, -0.2) is 4.79 Å². The molecule has 0 aliphatic carbocycles. The maximum atomic E-state index is 12.1. The van der Waals surface area contributed by atoms with E-state index in [1.54, 1.807) is 0 Å². The summed E-state index contributed by atoms with van der Waals surface area (Å²) in [5.74, 6) is -1.57. The van der Waals surface area contributed by atoms with Crippen LogP contribution in [0.5, 0.6) is 5.75 Å². The SMILES string of the molecule is CN(CC(=O)Nc1ccc(OC(F)(F)F)cc1)C(=O)c1c[nH]c(=O)[nH]1. The highest BCUT2D eigenvalue weighted by atomic mass is 19.4. The minimum Gasteiger partial charge on any atom is -0.406 e. The molecule has 0 saturated carbocycles. The average molecular weight is 358 g/mol. The first-order valence-electron chi connectivity index (χ1n) is 6.83. The number of carbonyl (C=O) groups excluding carboxylic acids is 2. The lowest BCUT2D eigenvalue weighted by molar-refractivity contribution is -0.274. The lowest BCUT2D eigenvalue weighted by Gasteiger charge is -2.16. The van der Waals surface area contributed by atoms with Crippen LogP contribution in [-0.2, 0) is 4.79 Å². The van der Waals surface area contributed by atoms with E-state index in [1.165, 1.54) is 25.4 Å². The molecule has 134 valence electrons. The topological polar surface area (TPSA) is 107 Å². The zero-order valence-corrected chi connectivity index (χ0v) is 12.8. The summed E-state index contributed by atoms with van der Waals surface area (Å²) in [4.78, 5) is 40.4. The molecule has 0 atom stereocenters. The number of benzene rings is 1. The largest absolute Gasteiger partial charge is 0.573 e. The molecule has 1 aromatic heterocycles. The number of aromatic amines is 2. The van der Waals surface area contributed by atoms with Crippen molar-refractivity contribution in [3.63, 3.8) is 0 Å². The third-order valence-electron chi connectivity index (χ3n) is 2.93. The number of H-pyrrole nitrogens is 2. The van der Waals surface area contributed by atoms with Crippen LogP contribution < -0.4 is 15.7 Å². The number of hydrogen-bond donors (Lipinski definition) is 3. The third-order valence-corrected chi connectivity index (χ3v) is 2.93. The summed E-state index contributed by atoms with van der Waals surface area (Å²) in [5, 5.41) is 2.43. The quantitative estimate of drug-likeness (QED) is 0.749. The van der Waals surface area contributed by atoms with Crippen LogP contribution in [0.4, 0.5) is 18.9 Å². The summed E-state index contributed by atoms with van der Waals surface area (Å²) >= 11 is 0. The van der Waals surface area contributed by atoms with Gasteiger partial charge < -0.3 is 24.9 Å². The van der Waals surface area contributed by atoms with Crippen molar-refractivity contribution in [1.29, 1.82) is 0 Å². The van der Waals surface area contributed by atoms with Crippen molar-refractivity contribution in [2.75, 3.05) is 18.9 Å². The number of rotatable bonds is 5. The molecule has 0 saturated heterocycles. The third kappa shape index (κ3) is 5.41. The minimum absolute atomic E-state index is 0.00560. The number of anilines is 1. The van der Waals surface area contributed by atoms with Gasteiger partial charge >= 0.3 is 12.1 Å². The number of alkyl halides is 3.